The second kappa shape index (κ2) is 8.23. The van der Waals surface area contributed by atoms with Crippen molar-refractivity contribution >= 4 is 37.5 Å². The molecule has 1 aliphatic rings. The van der Waals surface area contributed by atoms with Gasteiger partial charge in [-0.25, -0.2) is 8.42 Å². The van der Waals surface area contributed by atoms with Crippen LogP contribution in [0.2, 0.25) is 0 Å². The van der Waals surface area contributed by atoms with Crippen molar-refractivity contribution in [3.8, 4) is 5.75 Å². The molecule has 28 heavy (non-hydrogen) atoms. The molecular formula is C20H23BrN2O4S. The highest BCUT2D eigenvalue weighted by atomic mass is 79.9. The van der Waals surface area contributed by atoms with Gasteiger partial charge in [0.15, 0.2) is 0 Å². The Morgan fingerprint density at radius 3 is 2.68 bits per heavy atom. The lowest BCUT2D eigenvalue weighted by Gasteiger charge is -2.25. The number of benzene rings is 2. The number of likely N-dealkylation sites (N-methyl/N-ethyl adjacent to an activating group) is 1. The first-order chi connectivity index (χ1) is 13.3. The van der Waals surface area contributed by atoms with E-state index in [0.717, 1.165) is 27.7 Å². The number of rotatable bonds is 6. The second-order valence-corrected chi connectivity index (χ2v) is 9.48. The number of ether oxygens (including phenoxy) is 1. The molecule has 150 valence electrons. The Labute approximate surface area is 174 Å². The van der Waals surface area contributed by atoms with E-state index in [1.807, 2.05) is 25.1 Å². The van der Waals surface area contributed by atoms with E-state index in [1.165, 1.54) is 11.4 Å². The van der Waals surface area contributed by atoms with Crippen molar-refractivity contribution in [2.45, 2.75) is 25.2 Å². The summed E-state index contributed by atoms with van der Waals surface area (Å²) in [5, 5.41) is 0. The molecule has 2 aromatic carbocycles. The summed E-state index contributed by atoms with van der Waals surface area (Å²) in [6, 6.07) is 10.8. The highest BCUT2D eigenvalue weighted by Gasteiger charge is 2.32. The van der Waals surface area contributed by atoms with E-state index < -0.39 is 10.0 Å². The lowest BCUT2D eigenvalue weighted by atomic mass is 10.2. The van der Waals surface area contributed by atoms with Crippen LogP contribution < -0.4 is 9.64 Å². The molecule has 1 aliphatic heterocycles. The second-order valence-electron chi connectivity index (χ2n) is 6.65. The van der Waals surface area contributed by atoms with Gasteiger partial charge in [-0.15, -0.1) is 0 Å². The van der Waals surface area contributed by atoms with E-state index in [4.69, 9.17) is 4.74 Å². The largest absolute Gasteiger partial charge is 0.495 e. The number of carbonyl (C=O) groups is 1. The van der Waals surface area contributed by atoms with Gasteiger partial charge >= 0.3 is 0 Å². The smallest absolute Gasteiger partial charge is 0.247 e. The van der Waals surface area contributed by atoms with Crippen molar-refractivity contribution in [1.82, 2.24) is 4.31 Å². The van der Waals surface area contributed by atoms with Gasteiger partial charge in [0.25, 0.3) is 0 Å². The van der Waals surface area contributed by atoms with Gasteiger partial charge in [0.2, 0.25) is 15.9 Å². The third-order valence-corrected chi connectivity index (χ3v) is 7.27. The Hall–Kier alpha value is -1.90. The highest BCUT2D eigenvalue weighted by molar-refractivity contribution is 9.10. The standard InChI is InChI=1S/C20H23BrN2O4S/c1-4-22(28(25,26)19-11-14(2)5-8-18(19)27-3)13-20(24)23-10-9-15-12-16(21)6-7-17(15)23/h5-8,11-12H,4,9-10,13H2,1-3H3. The topological polar surface area (TPSA) is 66.9 Å². The molecule has 0 saturated heterocycles. The monoisotopic (exact) mass is 466 g/mol. The number of nitrogens with zero attached hydrogens (tertiary/aromatic N) is 2. The Morgan fingerprint density at radius 2 is 2.00 bits per heavy atom. The first kappa shape index (κ1) is 20.8. The molecule has 1 heterocycles. The Bertz CT molecular complexity index is 1010. The quantitative estimate of drug-likeness (QED) is 0.654. The summed E-state index contributed by atoms with van der Waals surface area (Å²) in [6.45, 7) is 4.06. The molecule has 0 saturated carbocycles. The maximum atomic E-state index is 13.2. The van der Waals surface area contributed by atoms with Crippen LogP contribution in [-0.4, -0.2) is 45.4 Å². The van der Waals surface area contributed by atoms with Crippen LogP contribution in [0.4, 0.5) is 5.69 Å². The van der Waals surface area contributed by atoms with Gasteiger partial charge in [0, 0.05) is 23.2 Å². The van der Waals surface area contributed by atoms with E-state index in [2.05, 4.69) is 15.9 Å². The number of anilines is 1. The molecule has 0 radical (unpaired) electrons. The molecule has 6 nitrogen and oxygen atoms in total. The summed E-state index contributed by atoms with van der Waals surface area (Å²) in [5.41, 5.74) is 2.73. The average Bonchev–Trinajstić information content (AvgIpc) is 3.08. The number of amides is 1. The van der Waals surface area contributed by atoms with Crippen LogP contribution in [0.3, 0.4) is 0 Å². The van der Waals surface area contributed by atoms with E-state index in [-0.39, 0.29) is 29.6 Å². The minimum absolute atomic E-state index is 0.0791. The normalized spacial score (nSPS) is 13.7. The van der Waals surface area contributed by atoms with Crippen LogP contribution >= 0.6 is 15.9 Å². The molecule has 0 N–H and O–H groups in total. The Morgan fingerprint density at radius 1 is 1.25 bits per heavy atom. The van der Waals surface area contributed by atoms with Crippen molar-refractivity contribution < 1.29 is 17.9 Å². The number of hydrogen-bond acceptors (Lipinski definition) is 4. The summed E-state index contributed by atoms with van der Waals surface area (Å²) >= 11 is 3.44. The van der Waals surface area contributed by atoms with E-state index >= 15 is 0 Å². The van der Waals surface area contributed by atoms with Crippen molar-refractivity contribution in [1.29, 1.82) is 0 Å². The molecule has 0 aliphatic carbocycles. The molecule has 0 fully saturated rings. The molecule has 2 aromatic rings. The van der Waals surface area contributed by atoms with Crippen LogP contribution in [0, 0.1) is 6.92 Å². The maximum absolute atomic E-state index is 13.2. The van der Waals surface area contributed by atoms with Crippen molar-refractivity contribution in [3.63, 3.8) is 0 Å². The number of fused-ring (bicyclic) bond motifs is 1. The van der Waals surface area contributed by atoms with Gasteiger partial charge < -0.3 is 9.64 Å². The summed E-state index contributed by atoms with van der Waals surface area (Å²) < 4.78 is 33.8. The molecule has 8 heteroatoms. The minimum atomic E-state index is -3.87. The van der Waals surface area contributed by atoms with Gasteiger partial charge in [-0.3, -0.25) is 4.79 Å². The molecule has 0 atom stereocenters. The number of carbonyl (C=O) groups excluding carboxylic acids is 1. The summed E-state index contributed by atoms with van der Waals surface area (Å²) in [7, 11) is -2.44. The molecule has 0 bridgehead atoms. The van der Waals surface area contributed by atoms with E-state index in [9.17, 15) is 13.2 Å². The SMILES string of the molecule is CCN(CC(=O)N1CCc2cc(Br)ccc21)S(=O)(=O)c1cc(C)ccc1OC. The fourth-order valence-corrected chi connectivity index (χ4v) is 5.40. The first-order valence-corrected chi connectivity index (χ1v) is 11.2. The molecule has 0 aromatic heterocycles. The van der Waals surface area contributed by atoms with Crippen LogP contribution in [0.15, 0.2) is 45.8 Å². The minimum Gasteiger partial charge on any atom is -0.495 e. The van der Waals surface area contributed by atoms with Crippen LogP contribution in [-0.2, 0) is 21.2 Å². The fourth-order valence-electron chi connectivity index (χ4n) is 3.36. The zero-order valence-electron chi connectivity index (χ0n) is 16.1. The van der Waals surface area contributed by atoms with Crippen LogP contribution in [0.1, 0.15) is 18.1 Å². The summed E-state index contributed by atoms with van der Waals surface area (Å²) in [6.07, 6.45) is 0.755. The van der Waals surface area contributed by atoms with Crippen molar-refractivity contribution in [2.75, 3.05) is 31.6 Å². The average molecular weight is 467 g/mol. The molecule has 0 spiro atoms. The highest BCUT2D eigenvalue weighted by Crippen LogP contribution is 2.32. The van der Waals surface area contributed by atoms with E-state index in [0.29, 0.717) is 6.54 Å². The molecule has 0 unspecified atom stereocenters. The number of aryl methyl sites for hydroxylation is 1. The zero-order valence-corrected chi connectivity index (χ0v) is 18.5. The Kier molecular flexibility index (Phi) is 6.12. The number of methoxy groups -OCH3 is 1. The lowest BCUT2D eigenvalue weighted by molar-refractivity contribution is -0.118. The number of sulfonamides is 1. The third kappa shape index (κ3) is 3.94. The summed E-state index contributed by atoms with van der Waals surface area (Å²) in [5.74, 6) is 0.0333. The molecule has 3 rings (SSSR count). The first-order valence-electron chi connectivity index (χ1n) is 9.01. The Balaban J connectivity index is 1.87. The number of hydrogen-bond donors (Lipinski definition) is 0. The van der Waals surface area contributed by atoms with Gasteiger partial charge in [0.05, 0.1) is 13.7 Å². The fraction of sp³-hybridized carbons (Fsp3) is 0.350. The third-order valence-electron chi connectivity index (χ3n) is 4.84. The van der Waals surface area contributed by atoms with Gasteiger partial charge in [-0.1, -0.05) is 28.9 Å². The molecule has 1 amide bonds. The lowest BCUT2D eigenvalue weighted by Crippen LogP contribution is -2.42. The predicted molar refractivity (Wildman–Crippen MR) is 112 cm³/mol. The van der Waals surface area contributed by atoms with Crippen molar-refractivity contribution in [3.05, 3.63) is 52.0 Å². The van der Waals surface area contributed by atoms with Crippen molar-refractivity contribution in [2.24, 2.45) is 0 Å². The van der Waals surface area contributed by atoms with E-state index in [1.54, 1.807) is 30.0 Å². The van der Waals surface area contributed by atoms with Gasteiger partial charge in [-0.05, 0) is 54.8 Å². The van der Waals surface area contributed by atoms with Gasteiger partial charge in [-0.2, -0.15) is 4.31 Å². The number of halogens is 1. The van der Waals surface area contributed by atoms with Crippen LogP contribution in [0.25, 0.3) is 0 Å². The maximum Gasteiger partial charge on any atom is 0.247 e. The van der Waals surface area contributed by atoms with Crippen LogP contribution in [0.5, 0.6) is 5.75 Å². The predicted octanol–water partition coefficient (Wildman–Crippen LogP) is 3.37. The van der Waals surface area contributed by atoms with Gasteiger partial charge in [0.1, 0.15) is 10.6 Å². The zero-order chi connectivity index (χ0) is 20.5. The summed E-state index contributed by atoms with van der Waals surface area (Å²) in [4.78, 5) is 14.7. The molecular weight excluding hydrogens is 444 g/mol.